The van der Waals surface area contributed by atoms with Gasteiger partial charge in [0, 0.05) is 11.8 Å². The van der Waals surface area contributed by atoms with E-state index < -0.39 is 9.84 Å². The van der Waals surface area contributed by atoms with Gasteiger partial charge in [-0.05, 0) is 25.1 Å². The Morgan fingerprint density at radius 1 is 1.36 bits per heavy atom. The SMILES string of the molecule is CC(=O)c1ccc(S(C)(=O)=O)c(N)c1. The van der Waals surface area contributed by atoms with Crippen LogP contribution in [0.25, 0.3) is 0 Å². The highest BCUT2D eigenvalue weighted by molar-refractivity contribution is 7.90. The van der Waals surface area contributed by atoms with Crippen LogP contribution in [0, 0.1) is 0 Å². The summed E-state index contributed by atoms with van der Waals surface area (Å²) >= 11 is 0. The first kappa shape index (κ1) is 10.7. The quantitative estimate of drug-likeness (QED) is 0.584. The number of anilines is 1. The molecular weight excluding hydrogens is 202 g/mol. The standard InChI is InChI=1S/C9H11NO3S/c1-6(11)7-3-4-9(8(10)5-7)14(2,12)13/h3-5H,10H2,1-2H3. The number of benzene rings is 1. The second-order valence-corrected chi connectivity index (χ2v) is 5.07. The highest BCUT2D eigenvalue weighted by Gasteiger charge is 2.12. The number of carbonyl (C=O) groups excluding carboxylic acids is 1. The van der Waals surface area contributed by atoms with Crippen molar-refractivity contribution in [2.75, 3.05) is 12.0 Å². The zero-order valence-electron chi connectivity index (χ0n) is 7.94. The van der Waals surface area contributed by atoms with Crippen LogP contribution in [-0.4, -0.2) is 20.5 Å². The van der Waals surface area contributed by atoms with Crippen molar-refractivity contribution < 1.29 is 13.2 Å². The van der Waals surface area contributed by atoms with Gasteiger partial charge in [0.2, 0.25) is 0 Å². The van der Waals surface area contributed by atoms with Crippen molar-refractivity contribution in [2.45, 2.75) is 11.8 Å². The average Bonchev–Trinajstić information content (AvgIpc) is 2.01. The third-order valence-electron chi connectivity index (χ3n) is 1.82. The summed E-state index contributed by atoms with van der Waals surface area (Å²) in [5.41, 5.74) is 6.04. The Morgan fingerprint density at radius 2 is 1.93 bits per heavy atom. The molecule has 0 aliphatic carbocycles. The molecule has 0 heterocycles. The lowest BCUT2D eigenvalue weighted by Gasteiger charge is -2.04. The van der Waals surface area contributed by atoms with Gasteiger partial charge in [0.1, 0.15) is 0 Å². The molecule has 0 unspecified atom stereocenters. The van der Waals surface area contributed by atoms with E-state index in [2.05, 4.69) is 0 Å². The normalized spacial score (nSPS) is 11.3. The Kier molecular flexibility index (Phi) is 2.62. The Morgan fingerprint density at radius 3 is 2.29 bits per heavy atom. The van der Waals surface area contributed by atoms with Gasteiger partial charge in [-0.25, -0.2) is 8.42 Å². The molecule has 1 aromatic rings. The fraction of sp³-hybridized carbons (Fsp3) is 0.222. The molecule has 4 nitrogen and oxygen atoms in total. The summed E-state index contributed by atoms with van der Waals surface area (Å²) in [5.74, 6) is -0.142. The predicted molar refractivity (Wildman–Crippen MR) is 54.0 cm³/mol. The molecule has 0 fully saturated rings. The smallest absolute Gasteiger partial charge is 0.177 e. The van der Waals surface area contributed by atoms with Gasteiger partial charge in [-0.15, -0.1) is 0 Å². The summed E-state index contributed by atoms with van der Waals surface area (Å²) < 4.78 is 22.3. The van der Waals surface area contributed by atoms with Crippen molar-refractivity contribution >= 4 is 21.3 Å². The van der Waals surface area contributed by atoms with Crippen molar-refractivity contribution in [3.63, 3.8) is 0 Å². The van der Waals surface area contributed by atoms with Crippen molar-refractivity contribution in [3.8, 4) is 0 Å². The molecule has 0 aliphatic heterocycles. The zero-order chi connectivity index (χ0) is 10.9. The summed E-state index contributed by atoms with van der Waals surface area (Å²) in [7, 11) is -3.31. The van der Waals surface area contributed by atoms with Crippen LogP contribution < -0.4 is 5.73 Å². The van der Waals surface area contributed by atoms with Gasteiger partial charge < -0.3 is 5.73 Å². The highest BCUT2D eigenvalue weighted by Crippen LogP contribution is 2.19. The molecule has 1 aromatic carbocycles. The van der Waals surface area contributed by atoms with Crippen LogP contribution in [0.15, 0.2) is 23.1 Å². The maximum Gasteiger partial charge on any atom is 0.177 e. The van der Waals surface area contributed by atoms with E-state index in [4.69, 9.17) is 5.73 Å². The summed E-state index contributed by atoms with van der Waals surface area (Å²) in [4.78, 5) is 11.0. The topological polar surface area (TPSA) is 77.2 Å². The number of hydrogen-bond donors (Lipinski definition) is 1. The number of hydrogen-bond acceptors (Lipinski definition) is 4. The molecule has 0 saturated heterocycles. The van der Waals surface area contributed by atoms with E-state index in [9.17, 15) is 13.2 Å². The molecule has 0 aromatic heterocycles. The third kappa shape index (κ3) is 2.11. The van der Waals surface area contributed by atoms with Gasteiger partial charge in [0.15, 0.2) is 15.6 Å². The molecule has 1 rings (SSSR count). The van der Waals surface area contributed by atoms with Gasteiger partial charge in [0.05, 0.1) is 10.6 Å². The Balaban J connectivity index is 3.35. The van der Waals surface area contributed by atoms with Crippen LogP contribution in [0.5, 0.6) is 0 Å². The molecule has 2 N–H and O–H groups in total. The predicted octanol–water partition coefficient (Wildman–Crippen LogP) is 0.875. The van der Waals surface area contributed by atoms with Gasteiger partial charge >= 0.3 is 0 Å². The Bertz CT molecular complexity index is 477. The third-order valence-corrected chi connectivity index (χ3v) is 2.99. The monoisotopic (exact) mass is 213 g/mol. The second-order valence-electron chi connectivity index (χ2n) is 3.08. The van der Waals surface area contributed by atoms with Crippen LogP contribution in [0.3, 0.4) is 0 Å². The van der Waals surface area contributed by atoms with Crippen LogP contribution >= 0.6 is 0 Å². The van der Waals surface area contributed by atoms with Gasteiger partial charge in [-0.2, -0.15) is 0 Å². The van der Waals surface area contributed by atoms with E-state index in [-0.39, 0.29) is 16.4 Å². The first-order valence-corrected chi connectivity index (χ1v) is 5.82. The molecular formula is C9H11NO3S. The molecule has 5 heteroatoms. The minimum Gasteiger partial charge on any atom is -0.398 e. The van der Waals surface area contributed by atoms with Crippen LogP contribution in [0.2, 0.25) is 0 Å². The van der Waals surface area contributed by atoms with E-state index in [0.29, 0.717) is 5.56 Å². The number of nitrogen functional groups attached to an aromatic ring is 1. The summed E-state index contributed by atoms with van der Waals surface area (Å²) in [5, 5.41) is 0. The molecule has 14 heavy (non-hydrogen) atoms. The van der Waals surface area contributed by atoms with Gasteiger partial charge in [0.25, 0.3) is 0 Å². The van der Waals surface area contributed by atoms with E-state index in [1.165, 1.54) is 25.1 Å². The fourth-order valence-corrected chi connectivity index (χ4v) is 1.91. The van der Waals surface area contributed by atoms with Crippen LogP contribution in [0.4, 0.5) is 5.69 Å². The summed E-state index contributed by atoms with van der Waals surface area (Å²) in [6, 6.07) is 4.18. The van der Waals surface area contributed by atoms with E-state index in [1.54, 1.807) is 0 Å². The number of carbonyl (C=O) groups is 1. The van der Waals surface area contributed by atoms with Gasteiger partial charge in [-0.3, -0.25) is 4.79 Å². The number of nitrogens with two attached hydrogens (primary N) is 1. The summed E-state index contributed by atoms with van der Waals surface area (Å²) in [6.07, 6.45) is 1.08. The Hall–Kier alpha value is -1.36. The fourth-order valence-electron chi connectivity index (χ4n) is 1.11. The summed E-state index contributed by atoms with van der Waals surface area (Å²) in [6.45, 7) is 1.40. The van der Waals surface area contributed by atoms with E-state index >= 15 is 0 Å². The van der Waals surface area contributed by atoms with E-state index in [1.807, 2.05) is 0 Å². The molecule has 76 valence electrons. The number of sulfone groups is 1. The average molecular weight is 213 g/mol. The maximum absolute atomic E-state index is 11.2. The largest absolute Gasteiger partial charge is 0.398 e. The minimum atomic E-state index is -3.31. The minimum absolute atomic E-state index is 0.0579. The Labute approximate surface area is 82.7 Å². The lowest BCUT2D eigenvalue weighted by Crippen LogP contribution is -2.04. The van der Waals surface area contributed by atoms with Crippen molar-refractivity contribution in [1.82, 2.24) is 0 Å². The van der Waals surface area contributed by atoms with Crippen LogP contribution in [0.1, 0.15) is 17.3 Å². The van der Waals surface area contributed by atoms with Gasteiger partial charge in [-0.1, -0.05) is 0 Å². The van der Waals surface area contributed by atoms with Crippen molar-refractivity contribution in [2.24, 2.45) is 0 Å². The number of Topliss-reactive ketones (excluding diaryl/α,β-unsaturated/α-hetero) is 1. The maximum atomic E-state index is 11.2. The van der Waals surface area contributed by atoms with Crippen molar-refractivity contribution in [1.29, 1.82) is 0 Å². The number of rotatable bonds is 2. The molecule has 0 amide bonds. The van der Waals surface area contributed by atoms with E-state index in [0.717, 1.165) is 6.26 Å². The zero-order valence-corrected chi connectivity index (χ0v) is 8.76. The van der Waals surface area contributed by atoms with Crippen molar-refractivity contribution in [3.05, 3.63) is 23.8 Å². The lowest BCUT2D eigenvalue weighted by molar-refractivity contribution is 0.101. The second kappa shape index (κ2) is 3.42. The first-order valence-electron chi connectivity index (χ1n) is 3.93. The van der Waals surface area contributed by atoms with Crippen LogP contribution in [-0.2, 0) is 9.84 Å². The highest BCUT2D eigenvalue weighted by atomic mass is 32.2. The molecule has 0 saturated carbocycles. The molecule has 0 aliphatic rings. The molecule has 0 radical (unpaired) electrons. The molecule has 0 bridgehead atoms. The lowest BCUT2D eigenvalue weighted by atomic mass is 10.1. The molecule has 0 atom stereocenters. The molecule has 0 spiro atoms. The first-order chi connectivity index (χ1) is 6.32. The number of ketones is 1.